The first kappa shape index (κ1) is 19.9. The molecule has 31 heavy (non-hydrogen) atoms. The van der Waals surface area contributed by atoms with Gasteiger partial charge >= 0.3 is 0 Å². The molecule has 1 aliphatic carbocycles. The van der Waals surface area contributed by atoms with Gasteiger partial charge in [-0.1, -0.05) is 60.2 Å². The number of fused-ring (bicyclic) bond motifs is 2. The summed E-state index contributed by atoms with van der Waals surface area (Å²) in [6, 6.07) is 14.0. The minimum absolute atomic E-state index is 0.0665. The van der Waals surface area contributed by atoms with Crippen molar-refractivity contribution >= 4 is 33.8 Å². The lowest BCUT2D eigenvalue weighted by Crippen LogP contribution is -2.47. The summed E-state index contributed by atoms with van der Waals surface area (Å²) < 4.78 is 0. The van der Waals surface area contributed by atoms with Gasteiger partial charge in [-0.2, -0.15) is 5.26 Å². The number of nitriles is 1. The molecule has 0 spiro atoms. The summed E-state index contributed by atoms with van der Waals surface area (Å²) in [5, 5.41) is 23.1. The number of hydrogen-bond donors (Lipinski definition) is 1. The standard InChI is InChI=1S/C25H23ClN4O/c1-29-10-12-30(13-11-29)24-19-9-8-17(14-22(19)28-25(31)20(24)15-27)18-6-2-4-16-5-3-7-21(26)23(16)18/h2-9,14,19,22H,10-13H2,1H3,(H,28,31). The molecule has 0 bridgehead atoms. The van der Waals surface area contributed by atoms with Gasteiger partial charge < -0.3 is 14.9 Å². The monoisotopic (exact) mass is 430 g/mol. The number of aliphatic hydroxyl groups excluding tert-OH is 1. The zero-order chi connectivity index (χ0) is 21.5. The molecular weight excluding hydrogens is 408 g/mol. The molecule has 2 heterocycles. The van der Waals surface area contributed by atoms with Crippen molar-refractivity contribution in [2.24, 2.45) is 10.9 Å². The lowest BCUT2D eigenvalue weighted by Gasteiger charge is -2.41. The first-order valence-corrected chi connectivity index (χ1v) is 10.9. The van der Waals surface area contributed by atoms with Crippen molar-refractivity contribution in [2.75, 3.05) is 33.2 Å². The van der Waals surface area contributed by atoms with Gasteiger partial charge in [-0.25, -0.2) is 4.99 Å². The highest BCUT2D eigenvalue weighted by molar-refractivity contribution is 6.36. The van der Waals surface area contributed by atoms with Crippen LogP contribution < -0.4 is 0 Å². The first-order valence-electron chi connectivity index (χ1n) is 10.5. The van der Waals surface area contributed by atoms with E-state index in [1.165, 1.54) is 0 Å². The number of aliphatic hydroxyl groups is 1. The van der Waals surface area contributed by atoms with Crippen molar-refractivity contribution in [1.82, 2.24) is 9.80 Å². The largest absolute Gasteiger partial charge is 0.493 e. The number of allylic oxidation sites excluding steroid dienone is 2. The van der Waals surface area contributed by atoms with Gasteiger partial charge in [0.2, 0.25) is 5.90 Å². The summed E-state index contributed by atoms with van der Waals surface area (Å²) in [5.74, 6) is -0.234. The minimum Gasteiger partial charge on any atom is -0.493 e. The van der Waals surface area contributed by atoms with Crippen LogP contribution in [-0.4, -0.2) is 60.1 Å². The lowest BCUT2D eigenvalue weighted by atomic mass is 9.82. The highest BCUT2D eigenvalue weighted by Crippen LogP contribution is 2.39. The minimum atomic E-state index is -0.260. The van der Waals surface area contributed by atoms with Gasteiger partial charge in [0.1, 0.15) is 11.6 Å². The maximum atomic E-state index is 10.6. The van der Waals surface area contributed by atoms with E-state index < -0.39 is 0 Å². The van der Waals surface area contributed by atoms with E-state index in [9.17, 15) is 10.4 Å². The molecule has 5 nitrogen and oxygen atoms in total. The Kier molecular flexibility index (Phi) is 5.05. The summed E-state index contributed by atoms with van der Waals surface area (Å²) in [6.07, 6.45) is 6.31. The summed E-state index contributed by atoms with van der Waals surface area (Å²) >= 11 is 6.54. The molecule has 1 N–H and O–H groups in total. The molecule has 2 aromatic rings. The molecule has 2 aromatic carbocycles. The van der Waals surface area contributed by atoms with Crippen LogP contribution >= 0.6 is 11.6 Å². The fourth-order valence-electron chi connectivity index (χ4n) is 4.76. The Labute approximate surface area is 186 Å². The second kappa shape index (κ2) is 7.88. The fourth-order valence-corrected chi connectivity index (χ4v) is 5.04. The Morgan fingerprint density at radius 2 is 1.87 bits per heavy atom. The van der Waals surface area contributed by atoms with E-state index in [0.717, 1.165) is 53.8 Å². The molecule has 3 aliphatic rings. The summed E-state index contributed by atoms with van der Waals surface area (Å²) in [4.78, 5) is 9.00. The average molecular weight is 431 g/mol. The molecule has 1 saturated heterocycles. The number of dihydropyridines is 1. The van der Waals surface area contributed by atoms with Gasteiger partial charge in [-0.15, -0.1) is 0 Å². The van der Waals surface area contributed by atoms with Gasteiger partial charge in [0.25, 0.3) is 0 Å². The zero-order valence-corrected chi connectivity index (χ0v) is 18.0. The zero-order valence-electron chi connectivity index (χ0n) is 17.3. The predicted octanol–water partition coefficient (Wildman–Crippen LogP) is 4.43. The Balaban J connectivity index is 1.56. The number of piperazine rings is 1. The molecule has 2 unspecified atom stereocenters. The normalized spacial score (nSPS) is 24.0. The van der Waals surface area contributed by atoms with E-state index in [1.54, 1.807) is 0 Å². The van der Waals surface area contributed by atoms with Gasteiger partial charge in [-0.3, -0.25) is 0 Å². The number of nitrogens with zero attached hydrogens (tertiary/aromatic N) is 4. The molecule has 2 aliphatic heterocycles. The van der Waals surface area contributed by atoms with Crippen molar-refractivity contribution in [2.45, 2.75) is 6.04 Å². The van der Waals surface area contributed by atoms with Crippen molar-refractivity contribution in [3.05, 3.63) is 76.5 Å². The third-order valence-electron chi connectivity index (χ3n) is 6.39. The highest BCUT2D eigenvalue weighted by atomic mass is 35.5. The maximum Gasteiger partial charge on any atom is 0.226 e. The Morgan fingerprint density at radius 3 is 2.61 bits per heavy atom. The quantitative estimate of drug-likeness (QED) is 0.765. The molecular formula is C25H23ClN4O. The Morgan fingerprint density at radius 1 is 1.13 bits per heavy atom. The number of benzene rings is 2. The van der Waals surface area contributed by atoms with Crippen LogP contribution in [0.2, 0.25) is 5.02 Å². The third-order valence-corrected chi connectivity index (χ3v) is 6.70. The first-order chi connectivity index (χ1) is 15.1. The van der Waals surface area contributed by atoms with Crippen LogP contribution in [0.4, 0.5) is 0 Å². The van der Waals surface area contributed by atoms with E-state index in [-0.39, 0.29) is 17.9 Å². The second-order valence-corrected chi connectivity index (χ2v) is 8.66. The van der Waals surface area contributed by atoms with Crippen LogP contribution in [0.25, 0.3) is 16.3 Å². The summed E-state index contributed by atoms with van der Waals surface area (Å²) in [6.45, 7) is 3.52. The van der Waals surface area contributed by atoms with E-state index in [0.29, 0.717) is 10.6 Å². The van der Waals surface area contributed by atoms with Crippen LogP contribution in [-0.2, 0) is 0 Å². The Bertz CT molecular complexity index is 1210. The van der Waals surface area contributed by atoms with Gasteiger partial charge in [0, 0.05) is 48.2 Å². The molecule has 0 amide bonds. The molecule has 0 radical (unpaired) electrons. The van der Waals surface area contributed by atoms with Crippen LogP contribution in [0.15, 0.2) is 70.9 Å². The molecule has 1 fully saturated rings. The molecule has 0 saturated carbocycles. The lowest BCUT2D eigenvalue weighted by molar-refractivity contribution is 0.173. The van der Waals surface area contributed by atoms with Crippen LogP contribution in [0.3, 0.4) is 0 Å². The predicted molar refractivity (Wildman–Crippen MR) is 125 cm³/mol. The number of aliphatic imine (C=N–C) groups is 1. The maximum absolute atomic E-state index is 10.6. The van der Waals surface area contributed by atoms with Crippen molar-refractivity contribution in [1.29, 1.82) is 5.26 Å². The van der Waals surface area contributed by atoms with Crippen LogP contribution in [0, 0.1) is 17.2 Å². The number of halogens is 1. The smallest absolute Gasteiger partial charge is 0.226 e. The second-order valence-electron chi connectivity index (χ2n) is 8.26. The topological polar surface area (TPSA) is 62.9 Å². The van der Waals surface area contributed by atoms with Gasteiger partial charge in [0.05, 0.1) is 6.04 Å². The molecule has 5 rings (SSSR count). The molecule has 2 atom stereocenters. The Hall–Kier alpha value is -3.07. The molecule has 156 valence electrons. The summed E-state index contributed by atoms with van der Waals surface area (Å²) in [7, 11) is 2.10. The summed E-state index contributed by atoms with van der Waals surface area (Å²) in [5.41, 5.74) is 3.24. The SMILES string of the molecule is CN1CCN(C2=C(C#N)C(O)=NC3C=C(c4cccc5cccc(Cl)c45)C=CC23)CC1. The van der Waals surface area contributed by atoms with E-state index >= 15 is 0 Å². The molecule has 6 heteroatoms. The van der Waals surface area contributed by atoms with Crippen molar-refractivity contribution in [3.63, 3.8) is 0 Å². The number of likely N-dealkylation sites (N-methyl/N-ethyl adjacent to an activating group) is 1. The van der Waals surface area contributed by atoms with Crippen LogP contribution in [0.5, 0.6) is 0 Å². The van der Waals surface area contributed by atoms with E-state index in [2.05, 4.69) is 64.3 Å². The van der Waals surface area contributed by atoms with Gasteiger partial charge in [0.15, 0.2) is 0 Å². The van der Waals surface area contributed by atoms with Gasteiger partial charge in [-0.05, 0) is 29.6 Å². The number of rotatable bonds is 2. The fraction of sp³-hybridized carbons (Fsp3) is 0.280. The van der Waals surface area contributed by atoms with E-state index in [4.69, 9.17) is 11.6 Å². The van der Waals surface area contributed by atoms with Crippen molar-refractivity contribution in [3.8, 4) is 6.07 Å². The molecule has 0 aromatic heterocycles. The van der Waals surface area contributed by atoms with Crippen molar-refractivity contribution < 1.29 is 5.11 Å². The average Bonchev–Trinajstić information content (AvgIpc) is 2.78. The van der Waals surface area contributed by atoms with E-state index in [1.807, 2.05) is 18.2 Å². The highest BCUT2D eigenvalue weighted by Gasteiger charge is 2.36. The third kappa shape index (κ3) is 3.42. The van der Waals surface area contributed by atoms with Crippen LogP contribution in [0.1, 0.15) is 5.56 Å². The number of hydrogen-bond acceptors (Lipinski definition) is 4.